The van der Waals surface area contributed by atoms with Gasteiger partial charge in [-0.3, -0.25) is 4.79 Å². The van der Waals surface area contributed by atoms with Crippen molar-refractivity contribution in [2.75, 3.05) is 25.1 Å². The average molecular weight is 469 g/mol. The van der Waals surface area contributed by atoms with Crippen LogP contribution in [0.3, 0.4) is 0 Å². The molecule has 0 aromatic heterocycles. The molecule has 1 amide bonds. The second-order valence-electron chi connectivity index (χ2n) is 7.42. The number of nitrogens with one attached hydrogen (secondary N) is 2. The number of carbonyl (C=O) groups excluding carboxylic acids is 1. The molecular weight excluding hydrogens is 444 g/mol. The number of hydrogen-bond acceptors (Lipinski definition) is 6. The Morgan fingerprint density at radius 3 is 2.39 bits per heavy atom. The molecule has 0 aliphatic carbocycles. The van der Waals surface area contributed by atoms with Gasteiger partial charge in [0.05, 0.1) is 4.90 Å². The summed E-state index contributed by atoms with van der Waals surface area (Å²) in [5.41, 5.74) is 1.43. The molecule has 1 aliphatic rings. The van der Waals surface area contributed by atoms with Gasteiger partial charge in [-0.2, -0.15) is 0 Å². The van der Waals surface area contributed by atoms with Crippen LogP contribution in [0.5, 0.6) is 17.2 Å². The lowest BCUT2D eigenvalue weighted by atomic mass is 10.1. The van der Waals surface area contributed by atoms with Gasteiger partial charge in [-0.1, -0.05) is 30.3 Å². The summed E-state index contributed by atoms with van der Waals surface area (Å²) in [6, 6.07) is 20.0. The van der Waals surface area contributed by atoms with E-state index < -0.39 is 10.0 Å². The van der Waals surface area contributed by atoms with Crippen LogP contribution >= 0.6 is 0 Å². The monoisotopic (exact) mass is 468 g/mol. The highest BCUT2D eigenvalue weighted by molar-refractivity contribution is 7.89. The first-order valence-corrected chi connectivity index (χ1v) is 11.9. The van der Waals surface area contributed by atoms with Crippen molar-refractivity contribution in [3.63, 3.8) is 0 Å². The van der Waals surface area contributed by atoms with Crippen molar-refractivity contribution < 1.29 is 27.4 Å². The predicted molar refractivity (Wildman–Crippen MR) is 123 cm³/mol. The second-order valence-corrected chi connectivity index (χ2v) is 9.13. The molecule has 8 nitrogen and oxygen atoms in total. The number of rotatable bonds is 8. The van der Waals surface area contributed by atoms with Crippen molar-refractivity contribution in [3.05, 3.63) is 78.4 Å². The van der Waals surface area contributed by atoms with E-state index in [0.717, 1.165) is 5.56 Å². The zero-order valence-corrected chi connectivity index (χ0v) is 18.8. The van der Waals surface area contributed by atoms with Crippen LogP contribution in [0.4, 0.5) is 5.69 Å². The lowest BCUT2D eigenvalue weighted by molar-refractivity contribution is -0.118. The Kier molecular flexibility index (Phi) is 6.81. The number of sulfonamides is 1. The first-order valence-electron chi connectivity index (χ1n) is 10.4. The summed E-state index contributed by atoms with van der Waals surface area (Å²) >= 11 is 0. The molecular formula is C24H24N2O6S. The molecule has 0 spiro atoms. The lowest BCUT2D eigenvalue weighted by Crippen LogP contribution is -2.26. The smallest absolute Gasteiger partial charge is 0.262 e. The van der Waals surface area contributed by atoms with Gasteiger partial charge in [-0.15, -0.1) is 0 Å². The average Bonchev–Trinajstić information content (AvgIpc) is 2.83. The van der Waals surface area contributed by atoms with Gasteiger partial charge >= 0.3 is 0 Å². The Balaban J connectivity index is 1.31. The number of ether oxygens (including phenoxy) is 3. The summed E-state index contributed by atoms with van der Waals surface area (Å²) in [5, 5.41) is 2.73. The molecule has 1 heterocycles. The van der Waals surface area contributed by atoms with E-state index in [1.54, 1.807) is 25.1 Å². The second kappa shape index (κ2) is 9.93. The number of hydrogen-bond donors (Lipinski definition) is 2. The topological polar surface area (TPSA) is 103 Å². The fraction of sp³-hybridized carbons (Fsp3) is 0.208. The third kappa shape index (κ3) is 5.82. The molecule has 0 saturated heterocycles. The van der Waals surface area contributed by atoms with Crippen molar-refractivity contribution in [3.8, 4) is 17.2 Å². The molecule has 2 N–H and O–H groups in total. The van der Waals surface area contributed by atoms with E-state index in [-0.39, 0.29) is 23.5 Å². The number of amides is 1. The zero-order chi connectivity index (χ0) is 23.3. The standard InChI is InChI=1S/C24H24N2O6S/c1-17(18-5-3-2-4-6-18)26-33(28,29)21-10-8-20(9-11-21)32-16-24(27)25-19-7-12-22-23(15-19)31-14-13-30-22/h2-12,15,17,26H,13-14,16H2,1H3,(H,25,27). The minimum absolute atomic E-state index is 0.110. The van der Waals surface area contributed by atoms with Crippen LogP contribution in [0.25, 0.3) is 0 Å². The molecule has 1 aliphatic heterocycles. The molecule has 0 radical (unpaired) electrons. The van der Waals surface area contributed by atoms with E-state index >= 15 is 0 Å². The third-order valence-electron chi connectivity index (χ3n) is 4.96. The quantitative estimate of drug-likeness (QED) is 0.524. The predicted octanol–water partition coefficient (Wildman–Crippen LogP) is 3.51. The summed E-state index contributed by atoms with van der Waals surface area (Å²) in [7, 11) is -3.71. The van der Waals surface area contributed by atoms with Crippen LogP contribution in [-0.4, -0.2) is 34.1 Å². The van der Waals surface area contributed by atoms with E-state index in [4.69, 9.17) is 14.2 Å². The highest BCUT2D eigenvalue weighted by Gasteiger charge is 2.18. The summed E-state index contributed by atoms with van der Waals surface area (Å²) < 4.78 is 44.4. The fourth-order valence-corrected chi connectivity index (χ4v) is 4.52. The van der Waals surface area contributed by atoms with E-state index in [0.29, 0.717) is 36.1 Å². The number of anilines is 1. The zero-order valence-electron chi connectivity index (χ0n) is 18.0. The van der Waals surface area contributed by atoms with Crippen LogP contribution < -0.4 is 24.2 Å². The summed E-state index contributed by atoms with van der Waals surface area (Å²) in [6.07, 6.45) is 0. The van der Waals surface area contributed by atoms with Crippen molar-refractivity contribution in [2.45, 2.75) is 17.9 Å². The molecule has 1 atom stereocenters. The van der Waals surface area contributed by atoms with Crippen molar-refractivity contribution >= 4 is 21.6 Å². The molecule has 3 aromatic rings. The summed E-state index contributed by atoms with van der Waals surface area (Å²) in [4.78, 5) is 12.3. The Hall–Kier alpha value is -3.56. The van der Waals surface area contributed by atoms with Gasteiger partial charge in [-0.25, -0.2) is 13.1 Å². The third-order valence-corrected chi connectivity index (χ3v) is 6.52. The maximum atomic E-state index is 12.7. The summed E-state index contributed by atoms with van der Waals surface area (Å²) in [5.74, 6) is 1.23. The maximum Gasteiger partial charge on any atom is 0.262 e. The normalized spacial score (nSPS) is 13.7. The van der Waals surface area contributed by atoms with Gasteiger partial charge in [0, 0.05) is 17.8 Å². The van der Waals surface area contributed by atoms with E-state index in [2.05, 4.69) is 10.0 Å². The molecule has 4 rings (SSSR count). The molecule has 0 saturated carbocycles. The van der Waals surface area contributed by atoms with Crippen molar-refractivity contribution in [1.82, 2.24) is 4.72 Å². The van der Waals surface area contributed by atoms with Gasteiger partial charge in [0.2, 0.25) is 10.0 Å². The molecule has 0 bridgehead atoms. The summed E-state index contributed by atoms with van der Waals surface area (Å²) in [6.45, 7) is 2.50. The Labute approximate surface area is 192 Å². The Morgan fingerprint density at radius 2 is 1.67 bits per heavy atom. The lowest BCUT2D eigenvalue weighted by Gasteiger charge is -2.19. The Morgan fingerprint density at radius 1 is 0.970 bits per heavy atom. The first kappa shape index (κ1) is 22.6. The van der Waals surface area contributed by atoms with Crippen molar-refractivity contribution in [1.29, 1.82) is 0 Å². The van der Waals surface area contributed by atoms with Crippen LogP contribution in [0.15, 0.2) is 77.7 Å². The first-order chi connectivity index (χ1) is 15.9. The molecule has 9 heteroatoms. The largest absolute Gasteiger partial charge is 0.486 e. The molecule has 33 heavy (non-hydrogen) atoms. The fourth-order valence-electron chi connectivity index (χ4n) is 3.29. The molecule has 172 valence electrons. The van der Waals surface area contributed by atoms with Crippen LogP contribution in [-0.2, 0) is 14.8 Å². The van der Waals surface area contributed by atoms with Crippen LogP contribution in [0, 0.1) is 0 Å². The Bertz CT molecular complexity index is 1210. The van der Waals surface area contributed by atoms with Gasteiger partial charge in [0.15, 0.2) is 18.1 Å². The van der Waals surface area contributed by atoms with E-state index in [9.17, 15) is 13.2 Å². The highest BCUT2D eigenvalue weighted by atomic mass is 32.2. The van der Waals surface area contributed by atoms with Crippen LogP contribution in [0.1, 0.15) is 18.5 Å². The SMILES string of the molecule is CC(NS(=O)(=O)c1ccc(OCC(=O)Nc2ccc3c(c2)OCCO3)cc1)c1ccccc1. The van der Waals surface area contributed by atoms with Crippen molar-refractivity contribution in [2.24, 2.45) is 0 Å². The van der Waals surface area contributed by atoms with Gasteiger partial charge < -0.3 is 19.5 Å². The van der Waals surface area contributed by atoms with E-state index in [1.807, 2.05) is 30.3 Å². The molecule has 0 fully saturated rings. The van der Waals surface area contributed by atoms with Gasteiger partial charge in [-0.05, 0) is 48.9 Å². The molecule has 1 unspecified atom stereocenters. The minimum Gasteiger partial charge on any atom is -0.486 e. The van der Waals surface area contributed by atoms with E-state index in [1.165, 1.54) is 24.3 Å². The van der Waals surface area contributed by atoms with Crippen LogP contribution in [0.2, 0.25) is 0 Å². The maximum absolute atomic E-state index is 12.7. The highest BCUT2D eigenvalue weighted by Crippen LogP contribution is 2.32. The van der Waals surface area contributed by atoms with Gasteiger partial charge in [0.25, 0.3) is 5.91 Å². The minimum atomic E-state index is -3.71. The number of carbonyl (C=O) groups is 1. The molecule has 3 aromatic carbocycles. The van der Waals surface area contributed by atoms with Gasteiger partial charge in [0.1, 0.15) is 19.0 Å². The number of fused-ring (bicyclic) bond motifs is 1. The number of benzene rings is 3.